The number of carbonyl (C=O) groups excluding carboxylic acids is 1. The zero-order valence-corrected chi connectivity index (χ0v) is 17.0. The van der Waals surface area contributed by atoms with Gasteiger partial charge in [0.25, 0.3) is 11.1 Å². The van der Waals surface area contributed by atoms with Crippen molar-refractivity contribution in [2.45, 2.75) is 49.9 Å². The smallest absolute Gasteiger partial charge is 0.277 e. The second-order valence-corrected chi connectivity index (χ2v) is 10.1. The SMILES string of the molecule is O=C(CSc1nnc([C@@H]2COc3ccccc3O2)o1)C12CC3CC(CC(C3)C1)C2. The first-order valence-corrected chi connectivity index (χ1v) is 11.5. The molecule has 7 rings (SSSR count). The summed E-state index contributed by atoms with van der Waals surface area (Å²) in [6.45, 7) is 0.329. The van der Waals surface area contributed by atoms with Gasteiger partial charge in [-0.2, -0.15) is 0 Å². The second kappa shape index (κ2) is 6.76. The fraction of sp³-hybridized carbons (Fsp3) is 0.591. The molecule has 1 aromatic heterocycles. The maximum Gasteiger partial charge on any atom is 0.277 e. The number of hydrogen-bond donors (Lipinski definition) is 0. The van der Waals surface area contributed by atoms with Crippen molar-refractivity contribution < 1.29 is 18.7 Å². The quantitative estimate of drug-likeness (QED) is 0.671. The molecule has 1 atom stereocenters. The molecule has 7 heteroatoms. The van der Waals surface area contributed by atoms with Gasteiger partial charge in [0.05, 0.1) is 5.75 Å². The van der Waals surface area contributed by atoms with E-state index in [-0.39, 0.29) is 5.41 Å². The molecule has 0 unspecified atom stereocenters. The summed E-state index contributed by atoms with van der Waals surface area (Å²) in [5.41, 5.74) is -0.0748. The third-order valence-corrected chi connectivity index (χ3v) is 7.98. The minimum absolute atomic E-state index is 0.0748. The molecule has 1 aromatic carbocycles. The highest BCUT2D eigenvalue weighted by molar-refractivity contribution is 7.99. The van der Waals surface area contributed by atoms with Crippen molar-refractivity contribution >= 4 is 17.5 Å². The highest BCUT2D eigenvalue weighted by atomic mass is 32.2. The number of rotatable bonds is 5. The normalized spacial score (nSPS) is 34.3. The molecule has 5 aliphatic rings. The van der Waals surface area contributed by atoms with Crippen molar-refractivity contribution in [2.24, 2.45) is 23.2 Å². The van der Waals surface area contributed by atoms with Crippen molar-refractivity contribution in [1.82, 2.24) is 10.2 Å². The summed E-state index contributed by atoms with van der Waals surface area (Å²) in [5, 5.41) is 8.68. The number of nitrogens with zero attached hydrogens (tertiary/aromatic N) is 2. The van der Waals surface area contributed by atoms with E-state index in [0.29, 0.717) is 35.0 Å². The third-order valence-electron chi connectivity index (χ3n) is 7.16. The van der Waals surface area contributed by atoms with Crippen LogP contribution in [0.15, 0.2) is 33.9 Å². The number of fused-ring (bicyclic) bond motifs is 1. The summed E-state index contributed by atoms with van der Waals surface area (Å²) in [4.78, 5) is 13.2. The van der Waals surface area contributed by atoms with Crippen LogP contribution in [0, 0.1) is 23.2 Å². The molecule has 4 fully saturated rings. The molecule has 4 aliphatic carbocycles. The van der Waals surface area contributed by atoms with Crippen LogP contribution in [0.4, 0.5) is 0 Å². The third kappa shape index (κ3) is 3.14. The largest absolute Gasteiger partial charge is 0.485 e. The molecular formula is C22H24N2O4S. The molecule has 0 N–H and O–H groups in total. The summed E-state index contributed by atoms with van der Waals surface area (Å²) >= 11 is 1.36. The lowest BCUT2D eigenvalue weighted by Crippen LogP contribution is -2.50. The Balaban J connectivity index is 1.10. The lowest BCUT2D eigenvalue weighted by Gasteiger charge is -2.55. The monoisotopic (exact) mass is 412 g/mol. The summed E-state index contributed by atoms with van der Waals surface area (Å²) < 4.78 is 17.4. The molecule has 2 aromatic rings. The molecule has 152 valence electrons. The van der Waals surface area contributed by atoms with E-state index in [1.165, 1.54) is 31.0 Å². The Morgan fingerprint density at radius 3 is 2.45 bits per heavy atom. The van der Waals surface area contributed by atoms with Crippen LogP contribution in [0.5, 0.6) is 11.5 Å². The Kier molecular flexibility index (Phi) is 4.15. The molecule has 0 spiro atoms. The van der Waals surface area contributed by atoms with Gasteiger partial charge in [-0.15, -0.1) is 10.2 Å². The van der Waals surface area contributed by atoms with Crippen LogP contribution in [0.1, 0.15) is 50.5 Å². The van der Waals surface area contributed by atoms with E-state index in [1.807, 2.05) is 24.3 Å². The van der Waals surface area contributed by atoms with Gasteiger partial charge >= 0.3 is 0 Å². The lowest BCUT2D eigenvalue weighted by atomic mass is 9.48. The molecule has 0 radical (unpaired) electrons. The van der Waals surface area contributed by atoms with Crippen molar-refractivity contribution in [3.63, 3.8) is 0 Å². The number of ketones is 1. The van der Waals surface area contributed by atoms with Gasteiger partial charge in [0, 0.05) is 5.41 Å². The number of carbonyl (C=O) groups is 1. The summed E-state index contributed by atoms with van der Waals surface area (Å²) in [5.74, 6) is 4.91. The van der Waals surface area contributed by atoms with E-state index >= 15 is 0 Å². The van der Waals surface area contributed by atoms with Crippen LogP contribution >= 0.6 is 11.8 Å². The summed E-state index contributed by atoms with van der Waals surface area (Å²) in [7, 11) is 0. The molecule has 0 amide bonds. The van der Waals surface area contributed by atoms with Crippen molar-refractivity contribution in [3.8, 4) is 11.5 Å². The number of benzene rings is 1. The van der Waals surface area contributed by atoms with Gasteiger partial charge in [-0.25, -0.2) is 0 Å². The Hall–Kier alpha value is -2.02. The van der Waals surface area contributed by atoms with Gasteiger partial charge in [-0.3, -0.25) is 4.79 Å². The number of Topliss-reactive ketones (excluding diaryl/α,β-unsaturated/α-hetero) is 1. The number of para-hydroxylation sites is 2. The minimum Gasteiger partial charge on any atom is -0.485 e. The average Bonchev–Trinajstić information content (AvgIpc) is 3.20. The lowest BCUT2D eigenvalue weighted by molar-refractivity contribution is -0.141. The fourth-order valence-electron chi connectivity index (χ4n) is 6.28. The second-order valence-electron chi connectivity index (χ2n) is 9.18. The Bertz CT molecular complexity index is 907. The van der Waals surface area contributed by atoms with Gasteiger partial charge in [0.1, 0.15) is 12.4 Å². The van der Waals surface area contributed by atoms with E-state index in [0.717, 1.165) is 42.8 Å². The van der Waals surface area contributed by atoms with Gasteiger partial charge < -0.3 is 13.9 Å². The fourth-order valence-corrected chi connectivity index (χ4v) is 7.09. The first kappa shape index (κ1) is 17.8. The van der Waals surface area contributed by atoms with Crippen LogP contribution in [0.3, 0.4) is 0 Å². The number of hydrogen-bond acceptors (Lipinski definition) is 7. The topological polar surface area (TPSA) is 74.5 Å². The van der Waals surface area contributed by atoms with Crippen LogP contribution in [-0.4, -0.2) is 28.3 Å². The molecule has 6 nitrogen and oxygen atoms in total. The van der Waals surface area contributed by atoms with Crippen LogP contribution in [0.25, 0.3) is 0 Å². The van der Waals surface area contributed by atoms with Gasteiger partial charge in [-0.1, -0.05) is 23.9 Å². The van der Waals surface area contributed by atoms with E-state index in [9.17, 15) is 4.79 Å². The molecule has 4 bridgehead atoms. The highest BCUT2D eigenvalue weighted by Gasteiger charge is 2.54. The van der Waals surface area contributed by atoms with E-state index in [2.05, 4.69) is 10.2 Å². The van der Waals surface area contributed by atoms with Crippen molar-refractivity contribution in [3.05, 3.63) is 30.2 Å². The average molecular weight is 413 g/mol. The Morgan fingerprint density at radius 2 is 1.72 bits per heavy atom. The molecule has 2 heterocycles. The zero-order chi connectivity index (χ0) is 19.4. The highest BCUT2D eigenvalue weighted by Crippen LogP contribution is 2.60. The van der Waals surface area contributed by atoms with Crippen molar-refractivity contribution in [1.29, 1.82) is 0 Å². The maximum absolute atomic E-state index is 13.2. The predicted molar refractivity (Wildman–Crippen MR) is 106 cm³/mol. The standard InChI is InChI=1S/C22H24N2O4S/c25-19(22-8-13-5-14(9-22)7-15(6-13)10-22)12-29-21-24-23-20(28-21)18-11-26-16-3-1-2-4-17(16)27-18/h1-4,13-15,18H,5-12H2/t13?,14?,15?,18-,22?/m0/s1. The van der Waals surface area contributed by atoms with Crippen LogP contribution in [0.2, 0.25) is 0 Å². The summed E-state index contributed by atoms with van der Waals surface area (Å²) in [6, 6.07) is 7.54. The van der Waals surface area contributed by atoms with Gasteiger partial charge in [0.2, 0.25) is 6.10 Å². The van der Waals surface area contributed by atoms with Crippen LogP contribution < -0.4 is 9.47 Å². The molecule has 4 saturated carbocycles. The predicted octanol–water partition coefficient (Wildman–Crippen LogP) is 4.46. The number of thioether (sulfide) groups is 1. The van der Waals surface area contributed by atoms with E-state index < -0.39 is 6.10 Å². The Morgan fingerprint density at radius 1 is 1.03 bits per heavy atom. The molecule has 0 saturated heterocycles. The maximum atomic E-state index is 13.2. The van der Waals surface area contributed by atoms with E-state index in [4.69, 9.17) is 13.9 Å². The zero-order valence-electron chi connectivity index (χ0n) is 16.2. The van der Waals surface area contributed by atoms with Gasteiger partial charge in [-0.05, 0) is 68.4 Å². The number of ether oxygens (including phenoxy) is 2. The summed E-state index contributed by atoms with van der Waals surface area (Å²) in [6.07, 6.45) is 6.91. The van der Waals surface area contributed by atoms with Gasteiger partial charge in [0.15, 0.2) is 11.5 Å². The molecular weight excluding hydrogens is 388 g/mol. The van der Waals surface area contributed by atoms with Crippen molar-refractivity contribution in [2.75, 3.05) is 12.4 Å². The Labute approximate surface area is 173 Å². The van der Waals surface area contributed by atoms with E-state index in [1.54, 1.807) is 0 Å². The first-order chi connectivity index (χ1) is 14.2. The van der Waals surface area contributed by atoms with Crippen LogP contribution in [-0.2, 0) is 4.79 Å². The number of aromatic nitrogens is 2. The molecule has 1 aliphatic heterocycles. The first-order valence-electron chi connectivity index (χ1n) is 10.5. The minimum atomic E-state index is -0.425. The molecule has 29 heavy (non-hydrogen) atoms.